The van der Waals surface area contributed by atoms with Crippen molar-refractivity contribution in [2.45, 2.75) is 117 Å². The Morgan fingerprint density at radius 2 is 1.83 bits per heavy atom. The summed E-state index contributed by atoms with van der Waals surface area (Å²) in [6, 6.07) is 13.2. The summed E-state index contributed by atoms with van der Waals surface area (Å²) in [5.41, 5.74) is 4.75. The van der Waals surface area contributed by atoms with Crippen molar-refractivity contribution in [3.05, 3.63) is 82.4 Å². The molecular weight excluding hydrogens is 593 g/mol. The van der Waals surface area contributed by atoms with Crippen molar-refractivity contribution in [2.75, 3.05) is 13.7 Å². The van der Waals surface area contributed by atoms with Gasteiger partial charge in [-0.05, 0) is 81.8 Å². The summed E-state index contributed by atoms with van der Waals surface area (Å²) in [4.78, 5) is 13.2. The Morgan fingerprint density at radius 3 is 2.52 bits per heavy atom. The number of carbonyl (C=O) groups excluding carboxylic acids is 1. The fraction of sp³-hybridized carbons (Fsp3) is 0.564. The van der Waals surface area contributed by atoms with Gasteiger partial charge in [0.1, 0.15) is 5.75 Å². The largest absolute Gasteiger partial charge is 0.497 e. The third kappa shape index (κ3) is 10.4. The Kier molecular flexibility index (Phi) is 12.5. The first kappa shape index (κ1) is 36.1. The van der Waals surface area contributed by atoms with Crippen molar-refractivity contribution in [2.24, 2.45) is 11.8 Å². The van der Waals surface area contributed by atoms with Gasteiger partial charge in [-0.2, -0.15) is 0 Å². The molecule has 2 aromatic rings. The molecule has 4 unspecified atom stereocenters. The fourth-order valence-electron chi connectivity index (χ4n) is 6.49. The maximum Gasteiger partial charge on any atom is 0.338 e. The van der Waals surface area contributed by atoms with Crippen LogP contribution in [0.1, 0.15) is 79.1 Å². The highest BCUT2D eigenvalue weighted by molar-refractivity contribution is 6.76. The predicted octanol–water partition coefficient (Wildman–Crippen LogP) is 9.31. The van der Waals surface area contributed by atoms with Gasteiger partial charge < -0.3 is 23.7 Å². The molecule has 2 aliphatic rings. The maximum absolute atomic E-state index is 13.2. The quantitative estimate of drug-likeness (QED) is 0.116. The topological polar surface area (TPSA) is 63.2 Å². The van der Waals surface area contributed by atoms with Crippen LogP contribution in [0.2, 0.25) is 25.7 Å². The van der Waals surface area contributed by atoms with Crippen LogP contribution in [0.5, 0.6) is 5.75 Å². The molecule has 1 aliphatic heterocycles. The monoisotopic (exact) mass is 648 g/mol. The fourth-order valence-corrected chi connectivity index (χ4v) is 7.20. The Hall–Kier alpha value is -2.71. The van der Waals surface area contributed by atoms with Crippen molar-refractivity contribution >= 4 is 20.1 Å². The highest BCUT2D eigenvalue weighted by Gasteiger charge is 2.42. The van der Waals surface area contributed by atoms with E-state index in [2.05, 4.69) is 69.9 Å². The summed E-state index contributed by atoms with van der Waals surface area (Å²) in [6.45, 7) is 18.2. The number of ether oxygens (including phenoxy) is 5. The number of esters is 1. The molecule has 1 heterocycles. The second-order valence-electron chi connectivity index (χ2n) is 14.8. The maximum atomic E-state index is 13.2. The molecular formula is C39H56O6Si. The average Bonchev–Trinajstić information content (AvgIpc) is 3.56. The lowest BCUT2D eigenvalue weighted by Gasteiger charge is -2.22. The molecule has 0 radical (unpaired) electrons. The zero-order valence-electron chi connectivity index (χ0n) is 29.6. The van der Waals surface area contributed by atoms with Gasteiger partial charge >= 0.3 is 5.97 Å². The zero-order valence-corrected chi connectivity index (χ0v) is 30.6. The highest BCUT2D eigenvalue weighted by Crippen LogP contribution is 2.36. The van der Waals surface area contributed by atoms with Gasteiger partial charge in [-0.25, -0.2) is 4.79 Å². The van der Waals surface area contributed by atoms with Crippen LogP contribution in [0, 0.1) is 25.7 Å². The molecule has 7 heteroatoms. The molecule has 1 saturated heterocycles. The van der Waals surface area contributed by atoms with E-state index >= 15 is 0 Å². The molecule has 46 heavy (non-hydrogen) atoms. The van der Waals surface area contributed by atoms with E-state index < -0.39 is 13.9 Å². The Bertz CT molecular complexity index is 1360. The van der Waals surface area contributed by atoms with E-state index in [0.29, 0.717) is 31.1 Å². The first-order valence-electron chi connectivity index (χ1n) is 17.0. The molecule has 2 aromatic carbocycles. The Labute approximate surface area is 278 Å². The van der Waals surface area contributed by atoms with Gasteiger partial charge in [0.15, 0.2) is 5.79 Å². The van der Waals surface area contributed by atoms with E-state index in [9.17, 15) is 4.79 Å². The standard InChI is InChI=1S/C39H56O6Si/c1-27-24-29(3)36(38(40)42-22-23-46(7,8)9)32(25-27)13-11-15-35-37(45-39(4,5)44-35)28(2)16-19-31-12-10-14-34(31)43-26-30-17-20-33(41-6)21-18-30/h11,13,16-21,24-25,28,31,34-35,37H,10,12,14-15,22-23,26H2,1-9H3/b13-11+,19-16-/t28?,31?,34-,35?,37?/m0/s1. The van der Waals surface area contributed by atoms with Gasteiger partial charge in [0.25, 0.3) is 0 Å². The third-order valence-electron chi connectivity index (χ3n) is 8.99. The van der Waals surface area contributed by atoms with Crippen LogP contribution in [0.3, 0.4) is 0 Å². The van der Waals surface area contributed by atoms with Gasteiger partial charge in [-0.1, -0.05) is 87.1 Å². The van der Waals surface area contributed by atoms with E-state index in [4.69, 9.17) is 23.7 Å². The van der Waals surface area contributed by atoms with E-state index in [1.54, 1.807) is 7.11 Å². The van der Waals surface area contributed by atoms with Crippen molar-refractivity contribution in [1.29, 1.82) is 0 Å². The lowest BCUT2D eigenvalue weighted by molar-refractivity contribution is -0.148. The molecule has 252 valence electrons. The molecule has 0 N–H and O–H groups in total. The van der Waals surface area contributed by atoms with Crippen molar-refractivity contribution in [1.82, 2.24) is 0 Å². The SMILES string of the molecule is COc1ccc(CO[C@H]2CCCC2/C=C\C(C)C2OC(C)(C)OC2C/C=C/c2cc(C)cc(C)c2C(=O)OCC[Si](C)(C)C)cc1. The van der Waals surface area contributed by atoms with Gasteiger partial charge in [0, 0.05) is 19.9 Å². The van der Waals surface area contributed by atoms with Gasteiger partial charge in [0.2, 0.25) is 0 Å². The lowest BCUT2D eigenvalue weighted by atomic mass is 9.94. The molecule has 1 saturated carbocycles. The van der Waals surface area contributed by atoms with Crippen molar-refractivity contribution < 1.29 is 28.5 Å². The second-order valence-corrected chi connectivity index (χ2v) is 20.4. The van der Waals surface area contributed by atoms with Crippen molar-refractivity contribution in [3.8, 4) is 5.75 Å². The van der Waals surface area contributed by atoms with Gasteiger partial charge in [0.05, 0.1) is 44.2 Å². The van der Waals surface area contributed by atoms with Crippen LogP contribution in [0.4, 0.5) is 0 Å². The number of methoxy groups -OCH3 is 1. The third-order valence-corrected chi connectivity index (χ3v) is 10.7. The molecule has 5 atom stereocenters. The normalized spacial score (nSPS) is 23.8. The summed E-state index contributed by atoms with van der Waals surface area (Å²) >= 11 is 0. The molecule has 0 amide bonds. The number of rotatable bonds is 14. The highest BCUT2D eigenvalue weighted by atomic mass is 28.3. The average molecular weight is 649 g/mol. The van der Waals surface area contributed by atoms with E-state index in [1.807, 2.05) is 45.0 Å². The van der Waals surface area contributed by atoms with E-state index in [1.165, 1.54) is 6.42 Å². The minimum absolute atomic E-state index is 0.0822. The zero-order chi connectivity index (χ0) is 33.5. The number of hydrogen-bond donors (Lipinski definition) is 0. The second kappa shape index (κ2) is 15.9. The van der Waals surface area contributed by atoms with Crippen LogP contribution in [0.25, 0.3) is 6.08 Å². The first-order chi connectivity index (χ1) is 21.7. The predicted molar refractivity (Wildman–Crippen MR) is 189 cm³/mol. The number of hydrogen-bond acceptors (Lipinski definition) is 6. The summed E-state index contributed by atoms with van der Waals surface area (Å²) in [7, 11) is 0.390. The molecule has 6 nitrogen and oxygen atoms in total. The van der Waals surface area contributed by atoms with Gasteiger partial charge in [-0.3, -0.25) is 0 Å². The molecule has 1 aliphatic carbocycles. The molecule has 0 aromatic heterocycles. The summed E-state index contributed by atoms with van der Waals surface area (Å²) < 4.78 is 30.2. The van der Waals surface area contributed by atoms with Gasteiger partial charge in [-0.15, -0.1) is 0 Å². The van der Waals surface area contributed by atoms with E-state index in [-0.39, 0.29) is 30.2 Å². The smallest absolute Gasteiger partial charge is 0.338 e. The number of benzene rings is 2. The number of aryl methyl sites for hydroxylation is 2. The van der Waals surface area contributed by atoms with E-state index in [0.717, 1.165) is 46.9 Å². The molecule has 2 fully saturated rings. The first-order valence-corrected chi connectivity index (χ1v) is 20.7. The van der Waals surface area contributed by atoms with Crippen LogP contribution < -0.4 is 4.74 Å². The summed E-state index contributed by atoms with van der Waals surface area (Å²) in [6.07, 6.45) is 12.9. The molecule has 0 spiro atoms. The Balaban J connectivity index is 1.38. The van der Waals surface area contributed by atoms with Crippen LogP contribution >= 0.6 is 0 Å². The van der Waals surface area contributed by atoms with Crippen LogP contribution in [-0.2, 0) is 25.6 Å². The Morgan fingerprint density at radius 1 is 1.09 bits per heavy atom. The summed E-state index contributed by atoms with van der Waals surface area (Å²) in [5.74, 6) is 0.515. The lowest BCUT2D eigenvalue weighted by Crippen LogP contribution is -2.28. The molecule has 0 bridgehead atoms. The van der Waals surface area contributed by atoms with Crippen LogP contribution in [0.15, 0.2) is 54.6 Å². The van der Waals surface area contributed by atoms with Crippen LogP contribution in [-0.4, -0.2) is 51.9 Å². The number of carbonyl (C=O) groups is 1. The molecule has 4 rings (SSSR count). The minimum Gasteiger partial charge on any atom is -0.497 e. The minimum atomic E-state index is -1.29. The summed E-state index contributed by atoms with van der Waals surface area (Å²) in [5, 5.41) is 0. The van der Waals surface area contributed by atoms with Crippen molar-refractivity contribution in [3.63, 3.8) is 0 Å².